The summed E-state index contributed by atoms with van der Waals surface area (Å²) < 4.78 is 1.49. The monoisotopic (exact) mass is 349 g/mol. The third-order valence-electron chi connectivity index (χ3n) is 4.75. The number of aromatic nitrogens is 3. The Morgan fingerprint density at radius 3 is 2.54 bits per heavy atom. The number of rotatable bonds is 4. The molecular weight excluding hydrogens is 326 g/mol. The highest BCUT2D eigenvalue weighted by Crippen LogP contribution is 2.30. The lowest BCUT2D eigenvalue weighted by molar-refractivity contribution is 0.554. The number of nitrogens with zero attached hydrogens (tertiary/aromatic N) is 3. The summed E-state index contributed by atoms with van der Waals surface area (Å²) in [7, 11) is 1.71. The Kier molecular flexibility index (Phi) is 3.80. The molecule has 2 heterocycles. The molecule has 1 aromatic carbocycles. The molecule has 6 nitrogen and oxygen atoms in total. The van der Waals surface area contributed by atoms with Gasteiger partial charge in [-0.15, -0.1) is 0 Å². The van der Waals surface area contributed by atoms with Crippen molar-refractivity contribution >= 4 is 16.7 Å². The molecule has 1 aliphatic rings. The van der Waals surface area contributed by atoms with Crippen LogP contribution in [0, 0.1) is 0 Å². The molecule has 6 heteroatoms. The highest BCUT2D eigenvalue weighted by atomic mass is 16.1. The van der Waals surface area contributed by atoms with E-state index in [0.29, 0.717) is 22.8 Å². The number of fused-ring (bicyclic) bond motifs is 1. The first kappa shape index (κ1) is 16.7. The Hall–Kier alpha value is -2.73. The maximum atomic E-state index is 12.6. The van der Waals surface area contributed by atoms with Crippen molar-refractivity contribution in [1.29, 1.82) is 0 Å². The zero-order valence-electron chi connectivity index (χ0n) is 15.3. The number of aryl methyl sites for hydroxylation is 1. The van der Waals surface area contributed by atoms with E-state index in [9.17, 15) is 4.79 Å². The molecule has 0 bridgehead atoms. The minimum Gasteiger partial charge on any atom is -0.367 e. The average Bonchev–Trinajstić information content (AvgIpc) is 3.41. The SMILES string of the molecule is Cn1cnc2cc(-c3ccc(C(C)(C)N)cc3)nc(NC3CC3)c2c1=O. The Morgan fingerprint density at radius 2 is 1.92 bits per heavy atom. The Bertz CT molecular complexity index is 1030. The minimum absolute atomic E-state index is 0.0857. The van der Waals surface area contributed by atoms with Gasteiger partial charge in [0, 0.05) is 24.2 Å². The number of pyridine rings is 1. The second-order valence-corrected chi connectivity index (χ2v) is 7.63. The number of anilines is 1. The van der Waals surface area contributed by atoms with Crippen molar-refractivity contribution < 1.29 is 0 Å². The maximum absolute atomic E-state index is 12.6. The van der Waals surface area contributed by atoms with Crippen LogP contribution in [0.25, 0.3) is 22.2 Å². The summed E-state index contributed by atoms with van der Waals surface area (Å²) in [5.74, 6) is 0.622. The van der Waals surface area contributed by atoms with Crippen molar-refractivity contribution in [1.82, 2.24) is 14.5 Å². The summed E-state index contributed by atoms with van der Waals surface area (Å²) >= 11 is 0. The molecular formula is C20H23N5O. The smallest absolute Gasteiger partial charge is 0.264 e. The molecule has 3 N–H and O–H groups in total. The standard InChI is InChI=1S/C20H23N5O/c1-20(2,21)13-6-4-12(5-7-13)15-10-16-17(19(26)25(3)11-22-16)18(24-15)23-14-8-9-14/h4-7,10-11,14H,8-9,21H2,1-3H3,(H,23,24). The third-order valence-corrected chi connectivity index (χ3v) is 4.75. The van der Waals surface area contributed by atoms with E-state index in [0.717, 1.165) is 29.7 Å². The molecule has 0 amide bonds. The summed E-state index contributed by atoms with van der Waals surface area (Å²) in [5.41, 5.74) is 9.18. The Balaban J connectivity index is 1.85. The lowest BCUT2D eigenvalue weighted by Crippen LogP contribution is -2.28. The molecule has 1 saturated carbocycles. The van der Waals surface area contributed by atoms with E-state index in [4.69, 9.17) is 10.7 Å². The molecule has 4 rings (SSSR count). The zero-order valence-corrected chi connectivity index (χ0v) is 15.3. The van der Waals surface area contributed by atoms with Crippen molar-refractivity contribution in [3.63, 3.8) is 0 Å². The first-order chi connectivity index (χ1) is 12.3. The first-order valence-corrected chi connectivity index (χ1v) is 8.85. The maximum Gasteiger partial charge on any atom is 0.264 e. The molecule has 0 atom stereocenters. The van der Waals surface area contributed by atoms with Crippen molar-refractivity contribution in [2.45, 2.75) is 38.3 Å². The van der Waals surface area contributed by atoms with Gasteiger partial charge in [0.1, 0.15) is 11.2 Å². The van der Waals surface area contributed by atoms with Gasteiger partial charge in [0.15, 0.2) is 0 Å². The largest absolute Gasteiger partial charge is 0.367 e. The molecule has 0 aliphatic heterocycles. The highest BCUT2D eigenvalue weighted by Gasteiger charge is 2.24. The highest BCUT2D eigenvalue weighted by molar-refractivity contribution is 5.91. The Labute approximate surface area is 152 Å². The van der Waals surface area contributed by atoms with Crippen LogP contribution in [0.4, 0.5) is 5.82 Å². The summed E-state index contributed by atoms with van der Waals surface area (Å²) in [6.07, 6.45) is 3.76. The van der Waals surface area contributed by atoms with Gasteiger partial charge in [0.05, 0.1) is 17.5 Å². The van der Waals surface area contributed by atoms with Gasteiger partial charge < -0.3 is 15.6 Å². The van der Waals surface area contributed by atoms with Crippen LogP contribution >= 0.6 is 0 Å². The molecule has 0 unspecified atom stereocenters. The van der Waals surface area contributed by atoms with Gasteiger partial charge >= 0.3 is 0 Å². The third kappa shape index (κ3) is 3.08. The van der Waals surface area contributed by atoms with E-state index in [1.165, 1.54) is 4.57 Å². The molecule has 0 radical (unpaired) electrons. The van der Waals surface area contributed by atoms with Crippen molar-refractivity contribution in [3.8, 4) is 11.3 Å². The number of hydrogen-bond acceptors (Lipinski definition) is 5. The second kappa shape index (κ2) is 5.92. The average molecular weight is 349 g/mol. The molecule has 1 aliphatic carbocycles. The Morgan fingerprint density at radius 1 is 1.23 bits per heavy atom. The minimum atomic E-state index is -0.387. The van der Waals surface area contributed by atoms with E-state index < -0.39 is 0 Å². The molecule has 3 aromatic rings. The lowest BCUT2D eigenvalue weighted by Gasteiger charge is -2.19. The van der Waals surface area contributed by atoms with Gasteiger partial charge in [-0.25, -0.2) is 9.97 Å². The van der Waals surface area contributed by atoms with Crippen LogP contribution in [0.15, 0.2) is 41.5 Å². The normalized spacial score (nSPS) is 14.6. The molecule has 134 valence electrons. The summed E-state index contributed by atoms with van der Waals surface area (Å²) in [4.78, 5) is 21.8. The van der Waals surface area contributed by atoms with Crippen LogP contribution in [-0.2, 0) is 12.6 Å². The lowest BCUT2D eigenvalue weighted by atomic mass is 9.94. The van der Waals surface area contributed by atoms with Crippen LogP contribution in [0.1, 0.15) is 32.3 Å². The fraction of sp³-hybridized carbons (Fsp3) is 0.350. The topological polar surface area (TPSA) is 85.8 Å². The van der Waals surface area contributed by atoms with Gasteiger partial charge in [-0.1, -0.05) is 24.3 Å². The van der Waals surface area contributed by atoms with Crippen molar-refractivity contribution in [2.75, 3.05) is 5.32 Å². The first-order valence-electron chi connectivity index (χ1n) is 8.85. The van der Waals surface area contributed by atoms with E-state index in [1.54, 1.807) is 13.4 Å². The zero-order chi connectivity index (χ0) is 18.5. The quantitative estimate of drug-likeness (QED) is 0.756. The predicted octanol–water partition coefficient (Wildman–Crippen LogP) is 2.76. The van der Waals surface area contributed by atoms with Gasteiger partial charge in [-0.3, -0.25) is 4.79 Å². The van der Waals surface area contributed by atoms with Gasteiger partial charge in [-0.2, -0.15) is 0 Å². The van der Waals surface area contributed by atoms with Crippen molar-refractivity contribution in [2.24, 2.45) is 12.8 Å². The van der Waals surface area contributed by atoms with Gasteiger partial charge in [0.25, 0.3) is 5.56 Å². The van der Waals surface area contributed by atoms with Crippen LogP contribution in [0.5, 0.6) is 0 Å². The van der Waals surface area contributed by atoms with Crippen LogP contribution in [-0.4, -0.2) is 20.6 Å². The summed E-state index contributed by atoms with van der Waals surface area (Å²) in [6.45, 7) is 3.96. The number of nitrogens with two attached hydrogens (primary N) is 1. The summed E-state index contributed by atoms with van der Waals surface area (Å²) in [5, 5.41) is 3.93. The molecule has 0 saturated heterocycles. The van der Waals surface area contributed by atoms with Crippen LogP contribution < -0.4 is 16.6 Å². The summed E-state index contributed by atoms with van der Waals surface area (Å²) in [6, 6.07) is 10.3. The van der Waals surface area contributed by atoms with E-state index in [2.05, 4.69) is 10.3 Å². The fourth-order valence-electron chi connectivity index (χ4n) is 2.97. The van der Waals surface area contributed by atoms with E-state index in [-0.39, 0.29) is 11.1 Å². The van der Waals surface area contributed by atoms with Crippen LogP contribution in [0.3, 0.4) is 0 Å². The van der Waals surface area contributed by atoms with Crippen LogP contribution in [0.2, 0.25) is 0 Å². The van der Waals surface area contributed by atoms with Gasteiger partial charge in [0.2, 0.25) is 0 Å². The number of benzene rings is 1. The predicted molar refractivity (Wildman–Crippen MR) is 104 cm³/mol. The number of nitrogens with one attached hydrogen (secondary N) is 1. The van der Waals surface area contributed by atoms with E-state index in [1.807, 2.05) is 44.2 Å². The molecule has 26 heavy (non-hydrogen) atoms. The molecule has 2 aromatic heterocycles. The molecule has 0 spiro atoms. The molecule has 1 fully saturated rings. The van der Waals surface area contributed by atoms with Crippen molar-refractivity contribution in [3.05, 3.63) is 52.6 Å². The van der Waals surface area contributed by atoms with E-state index >= 15 is 0 Å². The second-order valence-electron chi connectivity index (χ2n) is 7.63. The van der Waals surface area contributed by atoms with Gasteiger partial charge in [-0.05, 0) is 38.3 Å². The number of hydrogen-bond donors (Lipinski definition) is 2. The fourth-order valence-corrected chi connectivity index (χ4v) is 2.97.